The molecule has 0 bridgehead atoms. The molecule has 67 heavy (non-hydrogen) atoms. The maximum atomic E-state index is 13.2. The van der Waals surface area contributed by atoms with Gasteiger partial charge in [-0.1, -0.05) is 0 Å². The first-order valence-corrected chi connectivity index (χ1v) is 20.5. The lowest BCUT2D eigenvalue weighted by molar-refractivity contribution is -0.384. The number of carboxylic acid groups (broad SMARTS) is 2. The molecular formula is C36H59N3O28. The molecule has 19 N–H and O–H groups in total. The zero-order valence-corrected chi connectivity index (χ0v) is 35.6. The minimum Gasteiger partial charge on any atom is -0.477 e. The van der Waals surface area contributed by atoms with Crippen molar-refractivity contribution in [2.24, 2.45) is 0 Å². The first-order valence-electron chi connectivity index (χ1n) is 20.5. The van der Waals surface area contributed by atoms with Gasteiger partial charge < -0.3 is 131 Å². The van der Waals surface area contributed by atoms with Crippen LogP contribution in [0.2, 0.25) is 0 Å². The van der Waals surface area contributed by atoms with Gasteiger partial charge in [0, 0.05) is 26.7 Å². The number of carbonyl (C=O) groups is 5. The molecule has 22 atom stereocenters. The van der Waals surface area contributed by atoms with Crippen molar-refractivity contribution in [2.45, 2.75) is 161 Å². The van der Waals surface area contributed by atoms with E-state index >= 15 is 0 Å². The minimum atomic E-state index is -3.37. The van der Waals surface area contributed by atoms with Crippen molar-refractivity contribution in [2.75, 3.05) is 33.0 Å². The molecule has 0 radical (unpaired) electrons. The molecule has 3 amide bonds. The molecule has 0 spiro atoms. The van der Waals surface area contributed by atoms with E-state index < -0.39 is 209 Å². The predicted octanol–water partition coefficient (Wildman–Crippen LogP) is -11.9. The van der Waals surface area contributed by atoms with Crippen LogP contribution in [0.5, 0.6) is 0 Å². The summed E-state index contributed by atoms with van der Waals surface area (Å²) in [5, 5.41) is 176. The van der Waals surface area contributed by atoms with Gasteiger partial charge in [-0.05, 0) is 0 Å². The summed E-state index contributed by atoms with van der Waals surface area (Å²) in [7, 11) is 0. The van der Waals surface area contributed by atoms with E-state index in [1.165, 1.54) is 0 Å². The van der Waals surface area contributed by atoms with Gasteiger partial charge >= 0.3 is 11.9 Å². The zero-order chi connectivity index (χ0) is 50.5. The first-order chi connectivity index (χ1) is 31.3. The number of hydrogen-bond donors (Lipinski definition) is 19. The van der Waals surface area contributed by atoms with Gasteiger partial charge in [0.15, 0.2) is 12.6 Å². The highest BCUT2D eigenvalue weighted by molar-refractivity contribution is 5.78. The molecule has 0 aromatic carbocycles. The Hall–Kier alpha value is -3.49. The fourth-order valence-corrected chi connectivity index (χ4v) is 8.16. The highest BCUT2D eigenvalue weighted by Crippen LogP contribution is 2.40. The van der Waals surface area contributed by atoms with Crippen molar-refractivity contribution in [1.82, 2.24) is 16.0 Å². The fraction of sp³-hybridized carbons (Fsp3) is 0.861. The third-order valence-electron chi connectivity index (χ3n) is 11.5. The Bertz CT molecular complexity index is 1700. The maximum absolute atomic E-state index is 13.2. The quantitative estimate of drug-likeness (QED) is 0.0538. The number of aliphatic carboxylic acids is 2. The average molecular weight is 982 g/mol. The predicted molar refractivity (Wildman–Crippen MR) is 204 cm³/mol. The Kier molecular flexibility index (Phi) is 19.6. The Balaban J connectivity index is 1.72. The number of rotatable bonds is 20. The molecule has 4 rings (SSSR count). The monoisotopic (exact) mass is 981 g/mol. The molecule has 4 aliphatic rings. The minimum absolute atomic E-state index is 0.765. The third-order valence-corrected chi connectivity index (χ3v) is 11.5. The van der Waals surface area contributed by atoms with Gasteiger partial charge in [-0.2, -0.15) is 0 Å². The summed E-state index contributed by atoms with van der Waals surface area (Å²) in [5.41, 5.74) is 0. The van der Waals surface area contributed by atoms with Gasteiger partial charge in [0.05, 0.1) is 50.7 Å². The topological polar surface area (TPSA) is 510 Å². The van der Waals surface area contributed by atoms with Gasteiger partial charge in [-0.15, -0.1) is 0 Å². The molecule has 31 nitrogen and oxygen atoms in total. The van der Waals surface area contributed by atoms with Gasteiger partial charge in [0.1, 0.15) is 92.0 Å². The van der Waals surface area contributed by atoms with E-state index in [1.807, 2.05) is 5.32 Å². The molecule has 4 saturated heterocycles. The van der Waals surface area contributed by atoms with Gasteiger partial charge in [0.25, 0.3) is 11.6 Å². The van der Waals surface area contributed by atoms with Gasteiger partial charge in [0.2, 0.25) is 17.7 Å². The van der Waals surface area contributed by atoms with Crippen molar-refractivity contribution in [1.29, 1.82) is 0 Å². The van der Waals surface area contributed by atoms with Crippen molar-refractivity contribution >= 4 is 29.7 Å². The zero-order valence-electron chi connectivity index (χ0n) is 35.6. The molecule has 0 aromatic rings. The lowest BCUT2D eigenvalue weighted by atomic mass is 9.87. The van der Waals surface area contributed by atoms with Crippen LogP contribution in [-0.2, 0) is 57.1 Å². The summed E-state index contributed by atoms with van der Waals surface area (Å²) < 4.78 is 38.9. The Morgan fingerprint density at radius 1 is 0.642 bits per heavy atom. The number of aliphatic hydroxyl groups is 14. The van der Waals surface area contributed by atoms with Crippen LogP contribution in [0.15, 0.2) is 0 Å². The van der Waals surface area contributed by atoms with Crippen molar-refractivity contribution in [3.05, 3.63) is 0 Å². The number of amides is 3. The van der Waals surface area contributed by atoms with E-state index in [0.29, 0.717) is 0 Å². The molecule has 386 valence electrons. The van der Waals surface area contributed by atoms with Crippen molar-refractivity contribution < 1.29 is 139 Å². The largest absolute Gasteiger partial charge is 0.477 e. The van der Waals surface area contributed by atoms with Gasteiger partial charge in [-0.25, -0.2) is 9.59 Å². The van der Waals surface area contributed by atoms with Crippen molar-refractivity contribution in [3.63, 3.8) is 0 Å². The highest BCUT2D eigenvalue weighted by Gasteiger charge is 2.62. The van der Waals surface area contributed by atoms with Gasteiger partial charge in [-0.3, -0.25) is 14.4 Å². The second-order valence-corrected chi connectivity index (χ2v) is 16.2. The second-order valence-electron chi connectivity index (χ2n) is 16.2. The highest BCUT2D eigenvalue weighted by atomic mass is 16.8. The van der Waals surface area contributed by atoms with Crippen LogP contribution in [0, 0.1) is 0 Å². The number of carbonyl (C=O) groups excluding carboxylic acids is 3. The van der Waals surface area contributed by atoms with Crippen LogP contribution in [0.1, 0.15) is 26.7 Å². The maximum Gasteiger partial charge on any atom is 0.364 e. The summed E-state index contributed by atoms with van der Waals surface area (Å²) in [4.78, 5) is 62.4. The standard InChI is InChI=1S/C36H59N3O28/c1-10(45)37-19-12(47)4-36(34(59)60,67-30-23(52)15(6-41)62-32(26(30)55)63-27-17(8-43)61-31(56)21(25(27)54)38-11(2)46)66-29(19)24(53)16(7-42)64-35(33(57)58)3-13(48)20(39-18(50)9-44)28(65-35)22(51)14(49)5-40/h12-17,19-32,40-44,47-49,51-56H,3-9H2,1-2H3,(H,37,45)(H,38,46)(H,39,50)(H,57,58)(H,59,60)/t12-,13-,14+,15+,16+,17+,19+,20+,21+,22+,23-,24+,25+,26+,27+,28+,29+,30-,31+,32-,35+,36-/m0/s1. The number of carboxylic acids is 2. The molecular weight excluding hydrogens is 922 g/mol. The second kappa shape index (κ2) is 23.4. The van der Waals surface area contributed by atoms with E-state index in [1.54, 1.807) is 0 Å². The normalized spacial score (nSPS) is 41.0. The van der Waals surface area contributed by atoms with Crippen LogP contribution in [0.3, 0.4) is 0 Å². The SMILES string of the molecule is CC(=O)N[C@@H]1[C@@H](O)[C@H](O[C@@H]2O[C@H](CO)[C@H](O)[C@H](O[C@]3(C(=O)O)C[C@H](O)[C@@H](NC(C)=O)[C@H]([C@H](O)[C@@H](CO)O[C@]4(C(=O)O)C[C@H](O)[C@@H](NC(=O)CO)[C@H]([C@H](O)[C@H](O)CO)O4)O3)[C@H]2O)[C@@H](CO)O[C@H]1O. The van der Waals surface area contributed by atoms with E-state index in [9.17, 15) is 106 Å². The number of aliphatic hydroxyl groups excluding tert-OH is 14. The van der Waals surface area contributed by atoms with E-state index in [-0.39, 0.29) is 0 Å². The number of hydrogen-bond acceptors (Lipinski definition) is 26. The summed E-state index contributed by atoms with van der Waals surface area (Å²) in [5.74, 6) is -13.9. The fourth-order valence-electron chi connectivity index (χ4n) is 8.16. The Morgan fingerprint density at radius 2 is 1.16 bits per heavy atom. The summed E-state index contributed by atoms with van der Waals surface area (Å²) >= 11 is 0. The Labute approximate surface area is 377 Å². The van der Waals surface area contributed by atoms with Crippen LogP contribution in [0.4, 0.5) is 0 Å². The average Bonchev–Trinajstić information content (AvgIpc) is 3.27. The molecule has 0 saturated carbocycles. The lowest BCUT2D eigenvalue weighted by Gasteiger charge is -2.51. The summed E-state index contributed by atoms with van der Waals surface area (Å²) in [6.45, 7) is -4.02. The van der Waals surface area contributed by atoms with Crippen molar-refractivity contribution in [3.8, 4) is 0 Å². The van der Waals surface area contributed by atoms with Crippen LogP contribution in [0.25, 0.3) is 0 Å². The number of ether oxygens (including phenoxy) is 7. The van der Waals surface area contributed by atoms with E-state index in [0.717, 1.165) is 13.8 Å². The Morgan fingerprint density at radius 3 is 1.67 bits per heavy atom. The third kappa shape index (κ3) is 12.3. The molecule has 31 heteroatoms. The smallest absolute Gasteiger partial charge is 0.364 e. The summed E-state index contributed by atoms with van der Waals surface area (Å²) in [6, 6.07) is -5.37. The first kappa shape index (κ1) is 56.1. The molecule has 4 fully saturated rings. The molecule has 0 aromatic heterocycles. The number of nitrogens with one attached hydrogen (secondary N) is 3. The van der Waals surface area contributed by atoms with E-state index in [2.05, 4.69) is 10.6 Å². The lowest BCUT2D eigenvalue weighted by Crippen LogP contribution is -2.72. The van der Waals surface area contributed by atoms with Crippen LogP contribution < -0.4 is 16.0 Å². The van der Waals surface area contributed by atoms with Crippen LogP contribution >= 0.6 is 0 Å². The van der Waals surface area contributed by atoms with E-state index in [4.69, 9.17) is 33.2 Å². The molecule has 4 aliphatic heterocycles. The molecule has 4 heterocycles. The van der Waals surface area contributed by atoms with Crippen LogP contribution in [-0.4, -0.2) is 278 Å². The molecule has 0 aliphatic carbocycles. The summed E-state index contributed by atoms with van der Waals surface area (Å²) in [6.07, 6.45) is -39.2. The molecule has 0 unspecified atom stereocenters.